The Morgan fingerprint density at radius 2 is 2.25 bits per heavy atom. The van der Waals surface area contributed by atoms with E-state index in [-0.39, 0.29) is 5.91 Å². The van der Waals surface area contributed by atoms with E-state index in [1.54, 1.807) is 12.1 Å². The molecule has 1 heterocycles. The van der Waals surface area contributed by atoms with E-state index in [0.717, 1.165) is 19.3 Å². The van der Waals surface area contributed by atoms with Crippen LogP contribution in [0.3, 0.4) is 0 Å². The molecule has 0 saturated heterocycles. The molecule has 0 fully saturated rings. The number of nitrogens with one attached hydrogen (secondary N) is 1. The highest BCUT2D eigenvalue weighted by Crippen LogP contribution is 2.20. The van der Waals surface area contributed by atoms with Gasteiger partial charge in [0.05, 0.1) is 14.2 Å². The first kappa shape index (κ1) is 13.4. The fourth-order valence-corrected chi connectivity index (χ4v) is 2.25. The third-order valence-electron chi connectivity index (χ3n) is 1.93. The summed E-state index contributed by atoms with van der Waals surface area (Å²) >= 11 is 11.8. The van der Waals surface area contributed by atoms with Gasteiger partial charge in [-0.15, -0.1) is 11.3 Å². The Labute approximate surface area is 109 Å². The van der Waals surface area contributed by atoms with Gasteiger partial charge >= 0.3 is 0 Å². The van der Waals surface area contributed by atoms with Crippen molar-refractivity contribution >= 4 is 46.1 Å². The third-order valence-corrected chi connectivity index (χ3v) is 3.37. The van der Waals surface area contributed by atoms with Crippen molar-refractivity contribution in [1.82, 2.24) is 5.32 Å². The van der Waals surface area contributed by atoms with Gasteiger partial charge in [0.2, 0.25) is 0 Å². The van der Waals surface area contributed by atoms with Gasteiger partial charge < -0.3 is 11.1 Å². The largest absolute Gasteiger partial charge is 0.393 e. The van der Waals surface area contributed by atoms with E-state index >= 15 is 0 Å². The van der Waals surface area contributed by atoms with Crippen LogP contribution in [-0.4, -0.2) is 17.4 Å². The van der Waals surface area contributed by atoms with Crippen LogP contribution in [-0.2, 0) is 0 Å². The molecule has 0 bridgehead atoms. The molecule has 0 atom stereocenters. The molecule has 1 amide bonds. The van der Waals surface area contributed by atoms with Gasteiger partial charge in [-0.3, -0.25) is 4.79 Å². The molecule has 0 aliphatic heterocycles. The number of thiocarbonyl (C=S) groups is 1. The van der Waals surface area contributed by atoms with Gasteiger partial charge in [0.25, 0.3) is 5.91 Å². The molecule has 0 aromatic carbocycles. The Balaban J connectivity index is 2.18. The predicted octanol–water partition coefficient (Wildman–Crippen LogP) is 2.59. The lowest BCUT2D eigenvalue weighted by molar-refractivity contribution is 0.0957. The molecule has 1 aromatic rings. The number of unbranched alkanes of at least 4 members (excludes halogenated alkanes) is 1. The summed E-state index contributed by atoms with van der Waals surface area (Å²) in [5.74, 6) is -0.0766. The van der Waals surface area contributed by atoms with E-state index in [0.29, 0.717) is 20.7 Å². The van der Waals surface area contributed by atoms with E-state index in [1.807, 2.05) is 0 Å². The summed E-state index contributed by atoms with van der Waals surface area (Å²) < 4.78 is 0.624. The molecule has 1 rings (SSSR count). The smallest absolute Gasteiger partial charge is 0.261 e. The van der Waals surface area contributed by atoms with Crippen LogP contribution in [0.25, 0.3) is 0 Å². The molecule has 0 aliphatic rings. The van der Waals surface area contributed by atoms with Crippen molar-refractivity contribution in [2.24, 2.45) is 5.73 Å². The lowest BCUT2D eigenvalue weighted by Gasteiger charge is -2.02. The summed E-state index contributed by atoms with van der Waals surface area (Å²) in [7, 11) is 0. The summed E-state index contributed by atoms with van der Waals surface area (Å²) in [5.41, 5.74) is 5.36. The first-order chi connectivity index (χ1) is 7.59. The monoisotopic (exact) mass is 276 g/mol. The standard InChI is InChI=1S/C10H13ClN2OS2/c11-8-5-4-7(16-8)10(14)13-6-2-1-3-9(12)15/h4-5H,1-3,6H2,(H2,12,15)(H,13,14). The van der Waals surface area contributed by atoms with Crippen molar-refractivity contribution in [2.75, 3.05) is 6.54 Å². The van der Waals surface area contributed by atoms with Crippen molar-refractivity contribution < 1.29 is 4.79 Å². The average molecular weight is 277 g/mol. The topological polar surface area (TPSA) is 55.1 Å². The number of carbonyl (C=O) groups excluding carboxylic acids is 1. The Morgan fingerprint density at radius 3 is 2.81 bits per heavy atom. The second kappa shape index (κ2) is 6.83. The van der Waals surface area contributed by atoms with E-state index < -0.39 is 0 Å². The van der Waals surface area contributed by atoms with Crippen LogP contribution in [0, 0.1) is 0 Å². The maximum atomic E-state index is 11.5. The van der Waals surface area contributed by atoms with Crippen molar-refractivity contribution in [3.8, 4) is 0 Å². The van der Waals surface area contributed by atoms with Gasteiger partial charge in [-0.05, 0) is 31.4 Å². The maximum absolute atomic E-state index is 11.5. The number of amides is 1. The number of carbonyl (C=O) groups is 1. The summed E-state index contributed by atoms with van der Waals surface area (Å²) in [6.07, 6.45) is 2.51. The highest BCUT2D eigenvalue weighted by Gasteiger charge is 2.07. The van der Waals surface area contributed by atoms with Crippen molar-refractivity contribution in [2.45, 2.75) is 19.3 Å². The number of nitrogens with two attached hydrogens (primary N) is 1. The third kappa shape index (κ3) is 4.92. The van der Waals surface area contributed by atoms with Crippen LogP contribution in [0.4, 0.5) is 0 Å². The Kier molecular flexibility index (Phi) is 5.73. The molecule has 1 aromatic heterocycles. The van der Waals surface area contributed by atoms with Gasteiger partial charge in [0.1, 0.15) is 0 Å². The van der Waals surface area contributed by atoms with E-state index in [1.165, 1.54) is 11.3 Å². The number of halogens is 1. The van der Waals surface area contributed by atoms with Gasteiger partial charge in [0.15, 0.2) is 0 Å². The number of hydrogen-bond acceptors (Lipinski definition) is 3. The van der Waals surface area contributed by atoms with Gasteiger partial charge in [-0.2, -0.15) is 0 Å². The molecule has 16 heavy (non-hydrogen) atoms. The van der Waals surface area contributed by atoms with Gasteiger partial charge in [-0.25, -0.2) is 0 Å². The van der Waals surface area contributed by atoms with Crippen molar-refractivity contribution in [3.05, 3.63) is 21.3 Å². The summed E-state index contributed by atoms with van der Waals surface area (Å²) in [5, 5.41) is 2.81. The molecular weight excluding hydrogens is 264 g/mol. The minimum atomic E-state index is -0.0766. The summed E-state index contributed by atoms with van der Waals surface area (Å²) in [6.45, 7) is 0.636. The first-order valence-corrected chi connectivity index (χ1v) is 6.51. The SMILES string of the molecule is NC(=S)CCCCNC(=O)c1ccc(Cl)s1. The highest BCUT2D eigenvalue weighted by atomic mass is 35.5. The van der Waals surface area contributed by atoms with Crippen LogP contribution < -0.4 is 11.1 Å². The lowest BCUT2D eigenvalue weighted by Crippen LogP contribution is -2.23. The molecule has 0 aliphatic carbocycles. The van der Waals surface area contributed by atoms with Crippen LogP contribution in [0.1, 0.15) is 28.9 Å². The number of thiophene rings is 1. The van der Waals surface area contributed by atoms with E-state index in [4.69, 9.17) is 29.6 Å². The average Bonchev–Trinajstić information content (AvgIpc) is 2.63. The molecule has 88 valence electrons. The number of hydrogen-bond donors (Lipinski definition) is 2. The predicted molar refractivity (Wildman–Crippen MR) is 72.3 cm³/mol. The fraction of sp³-hybridized carbons (Fsp3) is 0.400. The van der Waals surface area contributed by atoms with E-state index in [9.17, 15) is 4.79 Å². The Hall–Kier alpha value is -0.650. The molecule has 3 N–H and O–H groups in total. The molecule has 0 radical (unpaired) electrons. The molecule has 0 spiro atoms. The normalized spacial score (nSPS) is 10.1. The van der Waals surface area contributed by atoms with Crippen molar-refractivity contribution in [1.29, 1.82) is 0 Å². The van der Waals surface area contributed by atoms with Crippen LogP contribution >= 0.6 is 35.2 Å². The fourth-order valence-electron chi connectivity index (χ4n) is 1.15. The Bertz CT molecular complexity index is 379. The lowest BCUT2D eigenvalue weighted by atomic mass is 10.2. The zero-order chi connectivity index (χ0) is 12.0. The van der Waals surface area contributed by atoms with Crippen molar-refractivity contribution in [3.63, 3.8) is 0 Å². The minimum absolute atomic E-state index is 0.0766. The summed E-state index contributed by atoms with van der Waals surface area (Å²) in [6, 6.07) is 3.44. The highest BCUT2D eigenvalue weighted by molar-refractivity contribution is 7.80. The van der Waals surface area contributed by atoms with E-state index in [2.05, 4.69) is 5.32 Å². The molecule has 6 heteroatoms. The van der Waals surface area contributed by atoms with Crippen LogP contribution in [0.2, 0.25) is 4.34 Å². The molecule has 0 unspecified atom stereocenters. The van der Waals surface area contributed by atoms with Gasteiger partial charge in [0, 0.05) is 6.54 Å². The van der Waals surface area contributed by atoms with Gasteiger partial charge in [-0.1, -0.05) is 23.8 Å². The quantitative estimate of drug-likeness (QED) is 0.620. The molecule has 0 saturated carbocycles. The Morgan fingerprint density at radius 1 is 1.50 bits per heavy atom. The molecular formula is C10H13ClN2OS2. The van der Waals surface area contributed by atoms with Crippen LogP contribution in [0.5, 0.6) is 0 Å². The minimum Gasteiger partial charge on any atom is -0.393 e. The first-order valence-electron chi connectivity index (χ1n) is 4.91. The number of rotatable bonds is 6. The summed E-state index contributed by atoms with van der Waals surface area (Å²) in [4.78, 5) is 12.7. The zero-order valence-electron chi connectivity index (χ0n) is 8.66. The maximum Gasteiger partial charge on any atom is 0.261 e. The zero-order valence-corrected chi connectivity index (χ0v) is 11.1. The molecule has 3 nitrogen and oxygen atoms in total. The second-order valence-corrected chi connectivity index (χ2v) is 5.52. The van der Waals surface area contributed by atoms with Crippen LogP contribution in [0.15, 0.2) is 12.1 Å². The second-order valence-electron chi connectivity index (χ2n) is 3.28.